The number of hydrogen-bond donors (Lipinski definition) is 2. The van der Waals surface area contributed by atoms with Gasteiger partial charge in [-0.3, -0.25) is 4.79 Å². The Morgan fingerprint density at radius 2 is 2.00 bits per heavy atom. The summed E-state index contributed by atoms with van der Waals surface area (Å²) in [5, 5.41) is 2.39. The molecule has 0 aliphatic rings. The summed E-state index contributed by atoms with van der Waals surface area (Å²) in [6, 6.07) is 10.1. The van der Waals surface area contributed by atoms with Crippen LogP contribution < -0.4 is 5.56 Å². The van der Waals surface area contributed by atoms with Crippen LogP contribution in [0.2, 0.25) is 0 Å². The molecule has 3 nitrogen and oxygen atoms in total. The van der Waals surface area contributed by atoms with E-state index in [2.05, 4.69) is 36.8 Å². The lowest BCUT2D eigenvalue weighted by molar-refractivity contribution is 0.410. The van der Waals surface area contributed by atoms with Crippen LogP contribution in [0.1, 0.15) is 37.3 Å². The average Bonchev–Trinajstić information content (AvgIpc) is 2.87. The first-order valence-corrected chi connectivity index (χ1v) is 7.15. The number of aromatic amines is 1. The second-order valence-corrected chi connectivity index (χ2v) is 5.41. The van der Waals surface area contributed by atoms with E-state index in [9.17, 15) is 4.79 Å². The van der Waals surface area contributed by atoms with E-state index < -0.39 is 0 Å². The van der Waals surface area contributed by atoms with Gasteiger partial charge in [0.2, 0.25) is 0 Å². The predicted octanol–water partition coefficient (Wildman–Crippen LogP) is 3.37. The summed E-state index contributed by atoms with van der Waals surface area (Å²) in [5.41, 5.74) is 1.38. The Hall–Kier alpha value is -1.42. The highest BCUT2D eigenvalue weighted by atomic mass is 32.1. The molecule has 1 aromatic carbocycles. The zero-order chi connectivity index (χ0) is 13.7. The molecule has 1 aromatic heterocycles. The minimum Gasteiger partial charge on any atom is -0.387 e. The number of thiol groups is 1. The molecular weight excluding hydrogens is 258 g/mol. The summed E-state index contributed by atoms with van der Waals surface area (Å²) in [7, 11) is 0. The smallest absolute Gasteiger partial charge is 0.283 e. The third-order valence-electron chi connectivity index (χ3n) is 3.66. The van der Waals surface area contributed by atoms with Gasteiger partial charge in [-0.2, -0.15) is 17.8 Å². The van der Waals surface area contributed by atoms with Crippen molar-refractivity contribution in [3.8, 4) is 0 Å². The molecule has 0 spiro atoms. The third kappa shape index (κ3) is 2.95. The van der Waals surface area contributed by atoms with Crippen LogP contribution >= 0.6 is 12.6 Å². The Morgan fingerprint density at radius 1 is 1.26 bits per heavy atom. The van der Waals surface area contributed by atoms with Crippen LogP contribution in [0.5, 0.6) is 0 Å². The predicted molar refractivity (Wildman–Crippen MR) is 79.9 cm³/mol. The SMILES string of the molecule is CC(CCCCS)(c1ccccc1)c1co[nH]c1=O. The molecule has 1 heterocycles. The molecule has 0 bridgehead atoms. The fraction of sp³-hybridized carbons (Fsp3) is 0.400. The fourth-order valence-electron chi connectivity index (χ4n) is 2.46. The lowest BCUT2D eigenvalue weighted by atomic mass is 9.74. The molecule has 0 aliphatic heterocycles. The maximum absolute atomic E-state index is 11.9. The Kier molecular flexibility index (Phi) is 4.53. The number of aromatic nitrogens is 1. The summed E-state index contributed by atoms with van der Waals surface area (Å²) in [5.74, 6) is 0.868. The van der Waals surface area contributed by atoms with Crippen molar-refractivity contribution in [3.63, 3.8) is 0 Å². The van der Waals surface area contributed by atoms with Crippen LogP contribution in [-0.4, -0.2) is 10.9 Å². The van der Waals surface area contributed by atoms with E-state index in [1.165, 1.54) is 6.26 Å². The first-order chi connectivity index (χ1) is 9.18. The van der Waals surface area contributed by atoms with Crippen molar-refractivity contribution >= 4 is 12.6 Å². The summed E-state index contributed by atoms with van der Waals surface area (Å²) in [4.78, 5) is 11.9. The number of rotatable bonds is 6. The number of H-pyrrole nitrogens is 1. The van der Waals surface area contributed by atoms with Gasteiger partial charge < -0.3 is 4.52 Å². The van der Waals surface area contributed by atoms with Crippen LogP contribution in [0.25, 0.3) is 0 Å². The van der Waals surface area contributed by atoms with E-state index >= 15 is 0 Å². The monoisotopic (exact) mass is 277 g/mol. The van der Waals surface area contributed by atoms with Gasteiger partial charge in [0.25, 0.3) is 5.56 Å². The normalized spacial score (nSPS) is 14.2. The van der Waals surface area contributed by atoms with Crippen LogP contribution in [0, 0.1) is 0 Å². The largest absolute Gasteiger partial charge is 0.387 e. The highest BCUT2D eigenvalue weighted by molar-refractivity contribution is 7.80. The van der Waals surface area contributed by atoms with Gasteiger partial charge in [0.05, 0.1) is 5.56 Å². The molecule has 2 rings (SSSR count). The minimum atomic E-state index is -0.315. The maximum Gasteiger partial charge on any atom is 0.283 e. The third-order valence-corrected chi connectivity index (χ3v) is 3.98. The van der Waals surface area contributed by atoms with Crippen molar-refractivity contribution in [2.75, 3.05) is 5.75 Å². The fourth-order valence-corrected chi connectivity index (χ4v) is 2.69. The molecule has 1 atom stereocenters. The van der Waals surface area contributed by atoms with Crippen LogP contribution in [-0.2, 0) is 5.41 Å². The second-order valence-electron chi connectivity index (χ2n) is 4.96. The molecule has 0 amide bonds. The number of unbranched alkanes of at least 4 members (excludes halogenated alkanes) is 1. The van der Waals surface area contributed by atoms with E-state index in [-0.39, 0.29) is 11.0 Å². The highest BCUT2D eigenvalue weighted by Crippen LogP contribution is 2.35. The first kappa shape index (κ1) is 14.0. The van der Waals surface area contributed by atoms with Gasteiger partial charge >= 0.3 is 0 Å². The molecular formula is C15H19NO2S. The maximum atomic E-state index is 11.9. The molecule has 2 aromatic rings. The van der Waals surface area contributed by atoms with Crippen molar-refractivity contribution in [1.29, 1.82) is 0 Å². The number of benzene rings is 1. The van der Waals surface area contributed by atoms with Crippen LogP contribution in [0.15, 0.2) is 45.9 Å². The molecule has 102 valence electrons. The lowest BCUT2D eigenvalue weighted by Gasteiger charge is -2.28. The molecule has 19 heavy (non-hydrogen) atoms. The van der Waals surface area contributed by atoms with Gasteiger partial charge in [0.15, 0.2) is 0 Å². The Balaban J connectivity index is 2.39. The van der Waals surface area contributed by atoms with E-state index in [0.29, 0.717) is 5.56 Å². The first-order valence-electron chi connectivity index (χ1n) is 6.51. The molecule has 1 N–H and O–H groups in total. The molecule has 0 saturated carbocycles. The summed E-state index contributed by atoms with van der Waals surface area (Å²) < 4.78 is 4.97. The topological polar surface area (TPSA) is 46.0 Å². The average molecular weight is 277 g/mol. The van der Waals surface area contributed by atoms with Crippen molar-refractivity contribution in [2.24, 2.45) is 0 Å². The van der Waals surface area contributed by atoms with Crippen LogP contribution in [0.4, 0.5) is 0 Å². The second kappa shape index (κ2) is 6.15. The van der Waals surface area contributed by atoms with Gasteiger partial charge in [-0.25, -0.2) is 0 Å². The van der Waals surface area contributed by atoms with E-state index in [1.54, 1.807) is 0 Å². The van der Waals surface area contributed by atoms with E-state index in [4.69, 9.17) is 4.52 Å². The van der Waals surface area contributed by atoms with Crippen molar-refractivity contribution in [2.45, 2.75) is 31.6 Å². The Morgan fingerprint density at radius 3 is 2.58 bits per heavy atom. The van der Waals surface area contributed by atoms with Gasteiger partial charge in [-0.15, -0.1) is 0 Å². The Labute approximate surface area is 118 Å². The van der Waals surface area contributed by atoms with Crippen molar-refractivity contribution < 1.29 is 4.52 Å². The van der Waals surface area contributed by atoms with Crippen molar-refractivity contribution in [1.82, 2.24) is 5.16 Å². The van der Waals surface area contributed by atoms with Crippen molar-refractivity contribution in [3.05, 3.63) is 58.1 Å². The highest BCUT2D eigenvalue weighted by Gasteiger charge is 2.32. The van der Waals surface area contributed by atoms with E-state index in [0.717, 1.165) is 30.6 Å². The lowest BCUT2D eigenvalue weighted by Crippen LogP contribution is -2.29. The van der Waals surface area contributed by atoms with Gasteiger partial charge in [0, 0.05) is 5.41 Å². The molecule has 1 unspecified atom stereocenters. The van der Waals surface area contributed by atoms with Gasteiger partial charge in [-0.1, -0.05) is 43.7 Å². The van der Waals surface area contributed by atoms with E-state index in [1.807, 2.05) is 18.2 Å². The van der Waals surface area contributed by atoms with Gasteiger partial charge in [-0.05, 0) is 24.2 Å². The molecule has 0 saturated heterocycles. The Bertz CT molecular complexity index is 561. The standard InChI is InChI=1S/C15H19NO2S/c1-15(9-5-6-10-19,12-7-3-2-4-8-12)13-11-18-16-14(13)17/h2-4,7-8,11,19H,5-6,9-10H2,1H3,(H,16,17). The molecule has 0 radical (unpaired) electrons. The minimum absolute atomic E-state index is 0.141. The zero-order valence-electron chi connectivity index (χ0n) is 11.1. The summed E-state index contributed by atoms with van der Waals surface area (Å²) >= 11 is 4.25. The molecule has 4 heteroatoms. The van der Waals surface area contributed by atoms with Crippen LogP contribution in [0.3, 0.4) is 0 Å². The quantitative estimate of drug-likeness (QED) is 0.628. The summed E-state index contributed by atoms with van der Waals surface area (Å²) in [6.07, 6.45) is 4.51. The molecule has 0 aliphatic carbocycles. The zero-order valence-corrected chi connectivity index (χ0v) is 12.0. The number of nitrogens with one attached hydrogen (secondary N) is 1. The summed E-state index contributed by atoms with van der Waals surface area (Å²) in [6.45, 7) is 2.10. The van der Waals surface area contributed by atoms with Gasteiger partial charge in [0.1, 0.15) is 6.26 Å². The number of hydrogen-bond acceptors (Lipinski definition) is 3. The molecule has 0 fully saturated rings.